The number of aryl methyl sites for hydroxylation is 1. The van der Waals surface area contributed by atoms with Crippen molar-refractivity contribution >= 4 is 0 Å². The molecule has 1 aromatic carbocycles. The topological polar surface area (TPSA) is 69.4 Å². The predicted molar refractivity (Wildman–Crippen MR) is 95.8 cm³/mol. The Labute approximate surface area is 148 Å². The Morgan fingerprint density at radius 3 is 2.80 bits per heavy atom. The van der Waals surface area contributed by atoms with Gasteiger partial charge in [-0.15, -0.1) is 0 Å². The third kappa shape index (κ3) is 4.02. The normalized spacial score (nSPS) is 16.8. The molecule has 136 valence electrons. The lowest BCUT2D eigenvalue weighted by Crippen LogP contribution is -2.18. The summed E-state index contributed by atoms with van der Waals surface area (Å²) in [6.07, 6.45) is 2.10. The van der Waals surface area contributed by atoms with Gasteiger partial charge in [-0.2, -0.15) is 5.10 Å². The lowest BCUT2D eigenvalue weighted by atomic mass is 10.00. The zero-order chi connectivity index (χ0) is 17.8. The molecule has 6 nitrogen and oxygen atoms in total. The van der Waals surface area contributed by atoms with Crippen LogP contribution in [0.25, 0.3) is 11.4 Å². The summed E-state index contributed by atoms with van der Waals surface area (Å²) >= 11 is 0. The van der Waals surface area contributed by atoms with E-state index in [-0.39, 0.29) is 0 Å². The van der Waals surface area contributed by atoms with Crippen LogP contribution in [0.2, 0.25) is 0 Å². The molecule has 0 bridgehead atoms. The summed E-state index contributed by atoms with van der Waals surface area (Å²) < 4.78 is 12.8. The van der Waals surface area contributed by atoms with E-state index in [0.29, 0.717) is 18.9 Å². The van der Waals surface area contributed by atoms with Crippen molar-refractivity contribution in [3.63, 3.8) is 0 Å². The van der Waals surface area contributed by atoms with E-state index in [9.17, 15) is 5.11 Å². The van der Waals surface area contributed by atoms with E-state index in [1.165, 1.54) is 0 Å². The zero-order valence-electron chi connectivity index (χ0n) is 15.2. The van der Waals surface area contributed by atoms with E-state index in [1.807, 2.05) is 30.7 Å². The van der Waals surface area contributed by atoms with Crippen molar-refractivity contribution in [1.82, 2.24) is 14.8 Å². The van der Waals surface area contributed by atoms with Crippen LogP contribution in [-0.4, -0.2) is 46.3 Å². The number of rotatable bonds is 6. The standard InChI is InChI=1S/C19H27N3O3/c1-4-15(23)12-22-19(16-11-13(2)5-6-17(16)24-3)20-18(21-22)14-7-9-25-10-8-14/h5-6,11,14-15,23H,4,7-10,12H2,1-3H3/t15-/m0/s1. The summed E-state index contributed by atoms with van der Waals surface area (Å²) in [6, 6.07) is 6.03. The van der Waals surface area contributed by atoms with Gasteiger partial charge in [0.2, 0.25) is 0 Å². The molecule has 25 heavy (non-hydrogen) atoms. The van der Waals surface area contributed by atoms with Gasteiger partial charge < -0.3 is 14.6 Å². The lowest BCUT2D eigenvalue weighted by molar-refractivity contribution is 0.0833. The van der Waals surface area contributed by atoms with Gasteiger partial charge in [-0.1, -0.05) is 18.6 Å². The first kappa shape index (κ1) is 17.9. The summed E-state index contributed by atoms with van der Waals surface area (Å²) in [4.78, 5) is 4.85. The summed E-state index contributed by atoms with van der Waals surface area (Å²) in [7, 11) is 1.66. The Kier molecular flexibility index (Phi) is 5.71. The minimum atomic E-state index is -0.446. The van der Waals surface area contributed by atoms with Crippen LogP contribution < -0.4 is 4.74 Å². The van der Waals surface area contributed by atoms with Crippen LogP contribution in [-0.2, 0) is 11.3 Å². The fourth-order valence-electron chi connectivity index (χ4n) is 3.14. The lowest BCUT2D eigenvalue weighted by Gasteiger charge is -2.18. The predicted octanol–water partition coefficient (Wildman–Crippen LogP) is 2.93. The van der Waals surface area contributed by atoms with Crippen LogP contribution in [0.5, 0.6) is 5.75 Å². The van der Waals surface area contributed by atoms with E-state index < -0.39 is 6.10 Å². The number of ether oxygens (including phenoxy) is 2. The molecule has 0 spiro atoms. The van der Waals surface area contributed by atoms with E-state index in [1.54, 1.807) is 7.11 Å². The Hall–Kier alpha value is -1.92. The van der Waals surface area contributed by atoms with Gasteiger partial charge in [0, 0.05) is 19.1 Å². The minimum absolute atomic E-state index is 0.309. The number of aliphatic hydroxyl groups excluding tert-OH is 1. The molecule has 0 amide bonds. The number of benzene rings is 1. The molecule has 0 radical (unpaired) electrons. The molecule has 1 aliphatic heterocycles. The monoisotopic (exact) mass is 345 g/mol. The fourth-order valence-corrected chi connectivity index (χ4v) is 3.14. The van der Waals surface area contributed by atoms with Gasteiger partial charge in [0.15, 0.2) is 11.6 Å². The van der Waals surface area contributed by atoms with E-state index in [0.717, 1.165) is 54.6 Å². The molecule has 1 N–H and O–H groups in total. The van der Waals surface area contributed by atoms with E-state index in [2.05, 4.69) is 6.07 Å². The van der Waals surface area contributed by atoms with Crippen molar-refractivity contribution in [2.24, 2.45) is 0 Å². The quantitative estimate of drug-likeness (QED) is 0.872. The number of hydrogen-bond acceptors (Lipinski definition) is 5. The first-order valence-electron chi connectivity index (χ1n) is 8.98. The molecular formula is C19H27N3O3. The van der Waals surface area contributed by atoms with Gasteiger partial charge in [0.25, 0.3) is 0 Å². The molecule has 1 atom stereocenters. The second kappa shape index (κ2) is 7.97. The maximum absolute atomic E-state index is 10.1. The second-order valence-electron chi connectivity index (χ2n) is 6.63. The molecule has 0 saturated carbocycles. The average Bonchev–Trinajstić information content (AvgIpc) is 3.06. The van der Waals surface area contributed by atoms with Crippen molar-refractivity contribution in [2.45, 2.75) is 51.7 Å². The van der Waals surface area contributed by atoms with Crippen LogP contribution >= 0.6 is 0 Å². The molecular weight excluding hydrogens is 318 g/mol. The number of aromatic nitrogens is 3. The molecule has 1 saturated heterocycles. The maximum Gasteiger partial charge on any atom is 0.162 e. The number of nitrogens with zero attached hydrogens (tertiary/aromatic N) is 3. The van der Waals surface area contributed by atoms with Gasteiger partial charge in [-0.05, 0) is 38.3 Å². The van der Waals surface area contributed by atoms with Gasteiger partial charge in [-0.25, -0.2) is 9.67 Å². The zero-order valence-corrected chi connectivity index (χ0v) is 15.2. The summed E-state index contributed by atoms with van der Waals surface area (Å²) in [5.41, 5.74) is 2.05. The van der Waals surface area contributed by atoms with E-state index in [4.69, 9.17) is 19.6 Å². The Morgan fingerprint density at radius 2 is 2.12 bits per heavy atom. The fraction of sp³-hybridized carbons (Fsp3) is 0.579. The molecule has 6 heteroatoms. The molecule has 1 aromatic heterocycles. The summed E-state index contributed by atoms with van der Waals surface area (Å²) in [6.45, 7) is 5.94. The highest BCUT2D eigenvalue weighted by atomic mass is 16.5. The maximum atomic E-state index is 10.1. The molecule has 1 aliphatic rings. The second-order valence-corrected chi connectivity index (χ2v) is 6.63. The smallest absolute Gasteiger partial charge is 0.162 e. The van der Waals surface area contributed by atoms with Crippen molar-refractivity contribution in [1.29, 1.82) is 0 Å². The SMILES string of the molecule is CC[C@H](O)Cn1nc(C2CCOCC2)nc1-c1cc(C)ccc1OC. The van der Waals surface area contributed by atoms with Crippen LogP contribution in [0.15, 0.2) is 18.2 Å². The largest absolute Gasteiger partial charge is 0.496 e. The average molecular weight is 345 g/mol. The highest BCUT2D eigenvalue weighted by Crippen LogP contribution is 2.32. The highest BCUT2D eigenvalue weighted by molar-refractivity contribution is 5.65. The van der Waals surface area contributed by atoms with Crippen LogP contribution in [0, 0.1) is 6.92 Å². The first-order chi connectivity index (χ1) is 12.1. The molecule has 2 heterocycles. The minimum Gasteiger partial charge on any atom is -0.496 e. The number of aliphatic hydroxyl groups is 1. The number of hydrogen-bond donors (Lipinski definition) is 1. The highest BCUT2D eigenvalue weighted by Gasteiger charge is 2.24. The molecule has 1 fully saturated rings. The number of methoxy groups -OCH3 is 1. The van der Waals surface area contributed by atoms with Gasteiger partial charge in [0.05, 0.1) is 25.3 Å². The summed E-state index contributed by atoms with van der Waals surface area (Å²) in [5, 5.41) is 14.9. The molecule has 2 aromatic rings. The van der Waals surface area contributed by atoms with Gasteiger partial charge in [-0.3, -0.25) is 0 Å². The third-order valence-electron chi connectivity index (χ3n) is 4.73. The van der Waals surface area contributed by atoms with Crippen LogP contribution in [0.3, 0.4) is 0 Å². The van der Waals surface area contributed by atoms with Crippen molar-refractivity contribution in [2.75, 3.05) is 20.3 Å². The first-order valence-corrected chi connectivity index (χ1v) is 8.98. The van der Waals surface area contributed by atoms with Crippen LogP contribution in [0.1, 0.15) is 43.5 Å². The van der Waals surface area contributed by atoms with Gasteiger partial charge >= 0.3 is 0 Å². The van der Waals surface area contributed by atoms with Gasteiger partial charge in [0.1, 0.15) is 5.75 Å². The Morgan fingerprint density at radius 1 is 1.36 bits per heavy atom. The molecule has 0 aliphatic carbocycles. The van der Waals surface area contributed by atoms with Crippen molar-refractivity contribution < 1.29 is 14.6 Å². The Bertz CT molecular complexity index is 708. The third-order valence-corrected chi connectivity index (χ3v) is 4.73. The Balaban J connectivity index is 2.03. The molecule has 3 rings (SSSR count). The molecule has 0 unspecified atom stereocenters. The van der Waals surface area contributed by atoms with Crippen molar-refractivity contribution in [3.8, 4) is 17.1 Å². The summed E-state index contributed by atoms with van der Waals surface area (Å²) in [5.74, 6) is 2.67. The van der Waals surface area contributed by atoms with Crippen LogP contribution in [0.4, 0.5) is 0 Å². The van der Waals surface area contributed by atoms with Crippen molar-refractivity contribution in [3.05, 3.63) is 29.6 Å². The van der Waals surface area contributed by atoms with E-state index >= 15 is 0 Å².